The summed E-state index contributed by atoms with van der Waals surface area (Å²) in [5.74, 6) is -0.624. The van der Waals surface area contributed by atoms with Crippen LogP contribution < -0.4 is 16.0 Å². The van der Waals surface area contributed by atoms with E-state index >= 15 is 0 Å². The Kier molecular flexibility index (Phi) is 4.92. The fourth-order valence-corrected chi connectivity index (χ4v) is 3.50. The maximum absolute atomic E-state index is 12.3. The number of carbonyl (C=O) groups excluding carboxylic acids is 2. The Balaban J connectivity index is 1.39. The van der Waals surface area contributed by atoms with Crippen LogP contribution in [-0.2, 0) is 16.1 Å². The maximum atomic E-state index is 12.3. The van der Waals surface area contributed by atoms with E-state index in [1.165, 1.54) is 4.57 Å². The first-order valence-corrected chi connectivity index (χ1v) is 9.38. The summed E-state index contributed by atoms with van der Waals surface area (Å²) in [5.41, 5.74) is 2.46. The zero-order valence-corrected chi connectivity index (χ0v) is 15.7. The molecule has 0 radical (unpaired) electrons. The molecule has 0 spiro atoms. The van der Waals surface area contributed by atoms with Gasteiger partial charge < -0.3 is 14.6 Å². The minimum absolute atomic E-state index is 0.115. The second-order valence-corrected chi connectivity index (χ2v) is 7.06. The molecule has 2 heterocycles. The van der Waals surface area contributed by atoms with E-state index in [-0.39, 0.29) is 24.8 Å². The van der Waals surface area contributed by atoms with Crippen molar-refractivity contribution in [1.29, 1.82) is 0 Å². The van der Waals surface area contributed by atoms with Crippen molar-refractivity contribution in [2.24, 2.45) is 0 Å². The Hall–Kier alpha value is -3.06. The van der Waals surface area contributed by atoms with Crippen LogP contribution in [0.1, 0.15) is 19.3 Å². The summed E-state index contributed by atoms with van der Waals surface area (Å²) >= 11 is 5.90. The Bertz CT molecular complexity index is 1100. The topological polar surface area (TPSA) is 84.5 Å². The highest BCUT2D eigenvalue weighted by Crippen LogP contribution is 2.23. The summed E-state index contributed by atoms with van der Waals surface area (Å²) in [6, 6.07) is 12.1. The summed E-state index contributed by atoms with van der Waals surface area (Å²) in [4.78, 5) is 37.8. The van der Waals surface area contributed by atoms with Crippen molar-refractivity contribution >= 4 is 45.9 Å². The molecule has 144 valence electrons. The van der Waals surface area contributed by atoms with E-state index in [0.717, 1.165) is 18.7 Å². The SMILES string of the molecule is O=C(CCn1c(=O)oc2cc(Cl)ccc21)Nc1ccc(N2CCCC2=O)cc1. The Labute approximate surface area is 165 Å². The number of benzene rings is 2. The van der Waals surface area contributed by atoms with Gasteiger partial charge in [-0.1, -0.05) is 11.6 Å². The molecule has 1 aliphatic rings. The van der Waals surface area contributed by atoms with E-state index in [2.05, 4.69) is 5.32 Å². The molecule has 2 aromatic carbocycles. The lowest BCUT2D eigenvalue weighted by atomic mass is 10.2. The molecule has 0 atom stereocenters. The summed E-state index contributed by atoms with van der Waals surface area (Å²) in [6.07, 6.45) is 1.56. The normalized spacial score (nSPS) is 14.0. The van der Waals surface area contributed by atoms with Crippen molar-refractivity contribution in [3.8, 4) is 0 Å². The summed E-state index contributed by atoms with van der Waals surface area (Å²) in [6.45, 7) is 0.919. The van der Waals surface area contributed by atoms with Crippen LogP contribution >= 0.6 is 11.6 Å². The van der Waals surface area contributed by atoms with Gasteiger partial charge in [-0.3, -0.25) is 14.2 Å². The minimum Gasteiger partial charge on any atom is -0.408 e. The van der Waals surface area contributed by atoms with Crippen LogP contribution in [0.3, 0.4) is 0 Å². The maximum Gasteiger partial charge on any atom is 0.419 e. The van der Waals surface area contributed by atoms with Gasteiger partial charge in [0, 0.05) is 48.4 Å². The molecule has 2 amide bonds. The number of nitrogens with zero attached hydrogens (tertiary/aromatic N) is 2. The van der Waals surface area contributed by atoms with E-state index in [9.17, 15) is 14.4 Å². The fraction of sp³-hybridized carbons (Fsp3) is 0.250. The van der Waals surface area contributed by atoms with Crippen LogP contribution in [0.25, 0.3) is 11.1 Å². The molecule has 1 aromatic heterocycles. The van der Waals surface area contributed by atoms with Gasteiger partial charge in [-0.25, -0.2) is 4.79 Å². The van der Waals surface area contributed by atoms with Crippen LogP contribution in [0, 0.1) is 0 Å². The third-order valence-corrected chi connectivity index (χ3v) is 4.96. The zero-order valence-electron chi connectivity index (χ0n) is 15.0. The monoisotopic (exact) mass is 399 g/mol. The van der Waals surface area contributed by atoms with Crippen LogP contribution in [0.5, 0.6) is 0 Å². The van der Waals surface area contributed by atoms with Gasteiger partial charge >= 0.3 is 5.76 Å². The van der Waals surface area contributed by atoms with E-state index < -0.39 is 5.76 Å². The fourth-order valence-electron chi connectivity index (χ4n) is 3.33. The zero-order chi connectivity index (χ0) is 19.7. The van der Waals surface area contributed by atoms with Crippen LogP contribution in [-0.4, -0.2) is 22.9 Å². The number of fused-ring (bicyclic) bond motifs is 1. The molecule has 1 saturated heterocycles. The van der Waals surface area contributed by atoms with Gasteiger partial charge in [0.1, 0.15) is 0 Å². The lowest BCUT2D eigenvalue weighted by Gasteiger charge is -2.16. The molecule has 0 bridgehead atoms. The van der Waals surface area contributed by atoms with Gasteiger partial charge in [0.15, 0.2) is 5.58 Å². The predicted molar refractivity (Wildman–Crippen MR) is 107 cm³/mol. The first-order valence-electron chi connectivity index (χ1n) is 9.00. The second kappa shape index (κ2) is 7.52. The number of hydrogen-bond donors (Lipinski definition) is 1. The van der Waals surface area contributed by atoms with Crippen molar-refractivity contribution in [2.75, 3.05) is 16.8 Å². The van der Waals surface area contributed by atoms with Gasteiger partial charge in [-0.15, -0.1) is 0 Å². The second-order valence-electron chi connectivity index (χ2n) is 6.63. The summed E-state index contributed by atoms with van der Waals surface area (Å²) in [5, 5.41) is 3.28. The van der Waals surface area contributed by atoms with Crippen LogP contribution in [0.4, 0.5) is 11.4 Å². The third-order valence-electron chi connectivity index (χ3n) is 4.73. The summed E-state index contributed by atoms with van der Waals surface area (Å²) < 4.78 is 6.57. The van der Waals surface area contributed by atoms with E-state index in [4.69, 9.17) is 16.0 Å². The third kappa shape index (κ3) is 3.66. The quantitative estimate of drug-likeness (QED) is 0.712. The molecule has 1 fully saturated rings. The average Bonchev–Trinajstić information content (AvgIpc) is 3.22. The van der Waals surface area contributed by atoms with Crippen molar-refractivity contribution < 1.29 is 14.0 Å². The van der Waals surface area contributed by atoms with E-state index in [1.807, 2.05) is 12.1 Å². The van der Waals surface area contributed by atoms with Gasteiger partial charge in [0.25, 0.3) is 0 Å². The number of amides is 2. The molecule has 0 saturated carbocycles. The van der Waals surface area contributed by atoms with E-state index in [1.54, 1.807) is 35.2 Å². The Morgan fingerprint density at radius 3 is 2.64 bits per heavy atom. The van der Waals surface area contributed by atoms with Gasteiger partial charge in [-0.2, -0.15) is 0 Å². The molecule has 7 nitrogen and oxygen atoms in total. The number of aryl methyl sites for hydroxylation is 1. The average molecular weight is 400 g/mol. The molecule has 3 aromatic rings. The highest BCUT2D eigenvalue weighted by molar-refractivity contribution is 6.31. The number of aromatic nitrogens is 1. The number of rotatable bonds is 5. The van der Waals surface area contributed by atoms with Crippen molar-refractivity contribution in [2.45, 2.75) is 25.8 Å². The van der Waals surface area contributed by atoms with Gasteiger partial charge in [0.2, 0.25) is 11.8 Å². The largest absolute Gasteiger partial charge is 0.419 e. The number of hydrogen-bond acceptors (Lipinski definition) is 4. The van der Waals surface area contributed by atoms with Crippen LogP contribution in [0.15, 0.2) is 51.7 Å². The van der Waals surface area contributed by atoms with Crippen molar-refractivity contribution in [3.63, 3.8) is 0 Å². The molecule has 4 rings (SSSR count). The molecule has 1 N–H and O–H groups in total. The van der Waals surface area contributed by atoms with Crippen molar-refractivity contribution in [1.82, 2.24) is 4.57 Å². The number of anilines is 2. The first kappa shape index (κ1) is 18.3. The summed E-state index contributed by atoms with van der Waals surface area (Å²) in [7, 11) is 0. The van der Waals surface area contributed by atoms with Gasteiger partial charge in [0.05, 0.1) is 5.52 Å². The lowest BCUT2D eigenvalue weighted by molar-refractivity contribution is -0.117. The molecule has 28 heavy (non-hydrogen) atoms. The molecule has 8 heteroatoms. The molecular weight excluding hydrogens is 382 g/mol. The smallest absolute Gasteiger partial charge is 0.408 e. The van der Waals surface area contributed by atoms with Crippen LogP contribution in [0.2, 0.25) is 5.02 Å². The number of nitrogens with one attached hydrogen (secondary N) is 1. The van der Waals surface area contributed by atoms with Crippen molar-refractivity contribution in [3.05, 3.63) is 58.0 Å². The standard InChI is InChI=1S/C20H18ClN3O4/c21-13-3-8-16-17(12-13)28-20(27)24(16)11-9-18(25)22-14-4-6-15(7-5-14)23-10-1-2-19(23)26/h3-8,12H,1-2,9-11H2,(H,22,25). The molecular formula is C20H18ClN3O4. The predicted octanol–water partition coefficient (Wildman–Crippen LogP) is 3.40. The highest BCUT2D eigenvalue weighted by Gasteiger charge is 2.21. The first-order chi connectivity index (χ1) is 13.5. The van der Waals surface area contributed by atoms with Gasteiger partial charge in [-0.05, 0) is 42.8 Å². The molecule has 0 unspecified atom stereocenters. The number of halogens is 1. The molecule has 0 aliphatic carbocycles. The lowest BCUT2D eigenvalue weighted by Crippen LogP contribution is -2.23. The highest BCUT2D eigenvalue weighted by atomic mass is 35.5. The Morgan fingerprint density at radius 2 is 1.93 bits per heavy atom. The minimum atomic E-state index is -0.523. The Morgan fingerprint density at radius 1 is 1.14 bits per heavy atom. The van der Waals surface area contributed by atoms with E-state index in [0.29, 0.717) is 28.2 Å². The molecule has 1 aliphatic heterocycles. The number of oxazole rings is 1. The number of carbonyl (C=O) groups is 2.